The Morgan fingerprint density at radius 2 is 1.95 bits per heavy atom. The number of hydrogen-bond donors (Lipinski definition) is 2. The highest BCUT2D eigenvalue weighted by atomic mass is 35.5. The Bertz CT molecular complexity index is 468. The van der Waals surface area contributed by atoms with Gasteiger partial charge in [-0.05, 0) is 55.2 Å². The van der Waals surface area contributed by atoms with E-state index in [1.165, 1.54) is 6.42 Å². The van der Waals surface area contributed by atoms with Crippen LogP contribution in [-0.2, 0) is 6.42 Å². The number of amides is 2. The predicted molar refractivity (Wildman–Crippen MR) is 87.7 cm³/mol. The molecule has 2 unspecified atom stereocenters. The molecule has 2 atom stereocenters. The van der Waals surface area contributed by atoms with E-state index in [4.69, 9.17) is 11.6 Å². The number of carbonyl (C=O) groups excluding carboxylic acids is 1. The van der Waals surface area contributed by atoms with Gasteiger partial charge in [0.05, 0.1) is 0 Å². The number of urea groups is 1. The molecule has 2 amide bonds. The second kappa shape index (κ2) is 7.69. The molecule has 0 radical (unpaired) electrons. The van der Waals surface area contributed by atoms with Gasteiger partial charge in [-0.15, -0.1) is 0 Å². The van der Waals surface area contributed by atoms with Gasteiger partial charge in [0.2, 0.25) is 0 Å². The van der Waals surface area contributed by atoms with E-state index in [1.807, 2.05) is 24.3 Å². The first-order valence-corrected chi connectivity index (χ1v) is 8.19. The van der Waals surface area contributed by atoms with Gasteiger partial charge in [-0.3, -0.25) is 0 Å². The SMILES string of the molecule is CC1CC(C)CC(NC(=O)NCCc2cccc(Cl)c2)C1. The van der Waals surface area contributed by atoms with Gasteiger partial charge in [-0.1, -0.05) is 37.6 Å². The van der Waals surface area contributed by atoms with Crippen molar-refractivity contribution >= 4 is 17.6 Å². The van der Waals surface area contributed by atoms with Crippen molar-refractivity contribution in [1.29, 1.82) is 0 Å². The van der Waals surface area contributed by atoms with Crippen molar-refractivity contribution in [2.45, 2.75) is 45.6 Å². The average molecular weight is 309 g/mol. The minimum absolute atomic E-state index is 0.0525. The van der Waals surface area contributed by atoms with Crippen LogP contribution in [0.5, 0.6) is 0 Å². The van der Waals surface area contributed by atoms with Gasteiger partial charge in [-0.25, -0.2) is 4.79 Å². The third-order valence-electron chi connectivity index (χ3n) is 4.10. The van der Waals surface area contributed by atoms with Crippen LogP contribution in [0.1, 0.15) is 38.7 Å². The van der Waals surface area contributed by atoms with E-state index >= 15 is 0 Å². The normalized spacial score (nSPS) is 25.4. The molecule has 1 aromatic carbocycles. The van der Waals surface area contributed by atoms with E-state index in [9.17, 15) is 4.79 Å². The Balaban J connectivity index is 1.70. The smallest absolute Gasteiger partial charge is 0.315 e. The van der Waals surface area contributed by atoms with E-state index in [0.717, 1.165) is 29.8 Å². The predicted octanol–water partition coefficient (Wildman–Crippen LogP) is 4.01. The molecule has 1 fully saturated rings. The molecule has 0 aromatic heterocycles. The fourth-order valence-corrected chi connectivity index (χ4v) is 3.53. The molecule has 1 aliphatic carbocycles. The number of carbonyl (C=O) groups is 1. The Kier molecular flexibility index (Phi) is 5.92. The molecule has 1 aromatic rings. The van der Waals surface area contributed by atoms with Gasteiger partial charge < -0.3 is 10.6 Å². The third-order valence-corrected chi connectivity index (χ3v) is 4.34. The molecule has 0 bridgehead atoms. The van der Waals surface area contributed by atoms with Crippen molar-refractivity contribution in [3.05, 3.63) is 34.9 Å². The van der Waals surface area contributed by atoms with Crippen molar-refractivity contribution in [3.8, 4) is 0 Å². The van der Waals surface area contributed by atoms with Crippen LogP contribution >= 0.6 is 11.6 Å². The van der Waals surface area contributed by atoms with Crippen LogP contribution in [0.2, 0.25) is 5.02 Å². The van der Waals surface area contributed by atoms with E-state index in [2.05, 4.69) is 24.5 Å². The number of hydrogen-bond acceptors (Lipinski definition) is 1. The Morgan fingerprint density at radius 1 is 1.24 bits per heavy atom. The fourth-order valence-electron chi connectivity index (χ4n) is 3.31. The summed E-state index contributed by atoms with van der Waals surface area (Å²) in [4.78, 5) is 11.9. The van der Waals surface area contributed by atoms with E-state index < -0.39 is 0 Å². The second-order valence-corrected chi connectivity index (χ2v) is 6.83. The van der Waals surface area contributed by atoms with Crippen LogP contribution in [0.3, 0.4) is 0 Å². The molecule has 4 heteroatoms. The molecule has 2 rings (SSSR count). The van der Waals surface area contributed by atoms with Crippen LogP contribution in [0.15, 0.2) is 24.3 Å². The van der Waals surface area contributed by atoms with Gasteiger partial charge in [0.1, 0.15) is 0 Å². The number of benzene rings is 1. The summed E-state index contributed by atoms with van der Waals surface area (Å²) in [5, 5.41) is 6.77. The highest BCUT2D eigenvalue weighted by molar-refractivity contribution is 6.30. The van der Waals surface area contributed by atoms with Crippen LogP contribution in [0, 0.1) is 11.8 Å². The topological polar surface area (TPSA) is 41.1 Å². The fraction of sp³-hybridized carbons (Fsp3) is 0.588. The average Bonchev–Trinajstić information content (AvgIpc) is 2.37. The summed E-state index contributed by atoms with van der Waals surface area (Å²) >= 11 is 5.94. The Labute approximate surface area is 132 Å². The standard InChI is InChI=1S/C17H25ClN2O/c1-12-8-13(2)10-16(9-12)20-17(21)19-7-6-14-4-3-5-15(18)11-14/h3-5,11-13,16H,6-10H2,1-2H3,(H2,19,20,21). The lowest BCUT2D eigenvalue weighted by atomic mass is 9.80. The first-order valence-electron chi connectivity index (χ1n) is 7.81. The molecule has 2 N–H and O–H groups in total. The van der Waals surface area contributed by atoms with Gasteiger partial charge in [-0.2, -0.15) is 0 Å². The first kappa shape index (κ1) is 16.2. The summed E-state index contributed by atoms with van der Waals surface area (Å²) in [5.74, 6) is 1.40. The van der Waals surface area contributed by atoms with E-state index in [0.29, 0.717) is 24.4 Å². The van der Waals surface area contributed by atoms with Crippen LogP contribution in [0.4, 0.5) is 4.79 Å². The maximum atomic E-state index is 11.9. The molecule has 0 aliphatic heterocycles. The van der Waals surface area contributed by atoms with Crippen molar-refractivity contribution in [2.24, 2.45) is 11.8 Å². The van der Waals surface area contributed by atoms with Crippen molar-refractivity contribution in [3.63, 3.8) is 0 Å². The highest BCUT2D eigenvalue weighted by Gasteiger charge is 2.24. The molecule has 116 valence electrons. The zero-order valence-corrected chi connectivity index (χ0v) is 13.6. The minimum atomic E-state index is -0.0525. The highest BCUT2D eigenvalue weighted by Crippen LogP contribution is 2.28. The maximum absolute atomic E-state index is 11.9. The summed E-state index contributed by atoms with van der Waals surface area (Å²) in [5.41, 5.74) is 1.14. The summed E-state index contributed by atoms with van der Waals surface area (Å²) in [6.07, 6.45) is 4.25. The molecule has 21 heavy (non-hydrogen) atoms. The quantitative estimate of drug-likeness (QED) is 0.867. The zero-order chi connectivity index (χ0) is 15.2. The van der Waals surface area contributed by atoms with Crippen LogP contribution < -0.4 is 10.6 Å². The molecule has 1 saturated carbocycles. The molecule has 1 aliphatic rings. The number of rotatable bonds is 4. The zero-order valence-electron chi connectivity index (χ0n) is 12.9. The molecular weight excluding hydrogens is 284 g/mol. The molecular formula is C17H25ClN2O. The largest absolute Gasteiger partial charge is 0.338 e. The van der Waals surface area contributed by atoms with E-state index in [1.54, 1.807) is 0 Å². The molecule has 3 nitrogen and oxygen atoms in total. The molecule has 0 saturated heterocycles. The van der Waals surface area contributed by atoms with Crippen LogP contribution in [-0.4, -0.2) is 18.6 Å². The van der Waals surface area contributed by atoms with E-state index in [-0.39, 0.29) is 6.03 Å². The van der Waals surface area contributed by atoms with Gasteiger partial charge >= 0.3 is 6.03 Å². The number of halogens is 1. The molecule has 0 spiro atoms. The monoisotopic (exact) mass is 308 g/mol. The van der Waals surface area contributed by atoms with Gasteiger partial charge in [0, 0.05) is 17.6 Å². The van der Waals surface area contributed by atoms with Crippen molar-refractivity contribution < 1.29 is 4.79 Å². The summed E-state index contributed by atoms with van der Waals surface area (Å²) in [6, 6.07) is 8.01. The molecule has 0 heterocycles. The minimum Gasteiger partial charge on any atom is -0.338 e. The lowest BCUT2D eigenvalue weighted by Crippen LogP contribution is -2.45. The summed E-state index contributed by atoms with van der Waals surface area (Å²) in [7, 11) is 0. The summed E-state index contributed by atoms with van der Waals surface area (Å²) < 4.78 is 0. The third kappa shape index (κ3) is 5.58. The lowest BCUT2D eigenvalue weighted by molar-refractivity contribution is 0.213. The number of nitrogens with one attached hydrogen (secondary N) is 2. The second-order valence-electron chi connectivity index (χ2n) is 6.39. The lowest BCUT2D eigenvalue weighted by Gasteiger charge is -2.31. The first-order chi connectivity index (χ1) is 10.0. The summed E-state index contributed by atoms with van der Waals surface area (Å²) in [6.45, 7) is 5.16. The van der Waals surface area contributed by atoms with Crippen LogP contribution in [0.25, 0.3) is 0 Å². The Hall–Kier alpha value is -1.22. The maximum Gasteiger partial charge on any atom is 0.315 e. The van der Waals surface area contributed by atoms with Gasteiger partial charge in [0.25, 0.3) is 0 Å². The van der Waals surface area contributed by atoms with Crippen molar-refractivity contribution in [1.82, 2.24) is 10.6 Å². The van der Waals surface area contributed by atoms with Crippen molar-refractivity contribution in [2.75, 3.05) is 6.54 Å². The Morgan fingerprint density at radius 3 is 2.62 bits per heavy atom. The van der Waals surface area contributed by atoms with Gasteiger partial charge in [0.15, 0.2) is 0 Å².